The first-order valence-corrected chi connectivity index (χ1v) is 11.5. The van der Waals surface area contributed by atoms with Crippen molar-refractivity contribution >= 4 is 17.1 Å². The molecule has 3 rings (SSSR count). The lowest BCUT2D eigenvalue weighted by Gasteiger charge is -2.24. The van der Waals surface area contributed by atoms with E-state index in [0.717, 1.165) is 19.6 Å². The van der Waals surface area contributed by atoms with Crippen LogP contribution in [0.15, 0.2) is 140 Å². The first-order valence-electron chi connectivity index (χ1n) is 11.5. The molecule has 0 aliphatic rings. The summed E-state index contributed by atoms with van der Waals surface area (Å²) in [7, 11) is 0. The monoisotopic (exact) mass is 446 g/mol. The molecule has 172 valence electrons. The van der Waals surface area contributed by atoms with Gasteiger partial charge in [0.2, 0.25) is 0 Å². The summed E-state index contributed by atoms with van der Waals surface area (Å²) in [4.78, 5) is 4.64. The van der Waals surface area contributed by atoms with Crippen LogP contribution in [0, 0.1) is 12.3 Å². The Bertz CT molecular complexity index is 1020. The molecular formula is C32H34N2. The molecule has 0 amide bonds. The van der Waals surface area contributed by atoms with Crippen LogP contribution in [-0.2, 0) is 0 Å². The van der Waals surface area contributed by atoms with Gasteiger partial charge >= 0.3 is 0 Å². The molecular weight excluding hydrogens is 412 g/mol. The summed E-state index contributed by atoms with van der Waals surface area (Å²) in [6.45, 7) is 7.69. The maximum absolute atomic E-state index is 5.26. The molecule has 0 fully saturated rings. The van der Waals surface area contributed by atoms with Gasteiger partial charge in [-0.15, -0.1) is 13.0 Å². The highest BCUT2D eigenvalue weighted by atomic mass is 15.1. The third kappa shape index (κ3) is 9.51. The number of hydrogen-bond donors (Lipinski definition) is 0. The number of nitrogens with zero attached hydrogens (tertiary/aromatic N) is 2. The molecule has 0 atom stereocenters. The highest BCUT2D eigenvalue weighted by Crippen LogP contribution is 2.24. The van der Waals surface area contributed by atoms with Crippen molar-refractivity contribution in [2.75, 3.05) is 29.4 Å². The summed E-state index contributed by atoms with van der Waals surface area (Å²) in [5, 5.41) is 0. The molecule has 3 aromatic carbocycles. The predicted octanol–water partition coefficient (Wildman–Crippen LogP) is 7.83. The smallest absolute Gasteiger partial charge is 0.0413 e. The molecule has 2 nitrogen and oxygen atoms in total. The Balaban J connectivity index is 0.00000129. The van der Waals surface area contributed by atoms with Crippen molar-refractivity contribution in [1.29, 1.82) is 0 Å². The molecule has 0 N–H and O–H groups in total. The van der Waals surface area contributed by atoms with Gasteiger partial charge < -0.3 is 9.80 Å². The SMILES string of the molecule is C#C/C=C\C=C/CN(C/C=C\CN(c1ccccc1)c1ccccc1)c1ccccc1.C=CC. The number of terminal acetylenes is 1. The molecule has 0 heterocycles. The molecule has 0 aliphatic carbocycles. The lowest BCUT2D eigenvalue weighted by Crippen LogP contribution is -2.23. The number of para-hydroxylation sites is 3. The second-order valence-corrected chi connectivity index (χ2v) is 7.36. The van der Waals surface area contributed by atoms with E-state index in [1.54, 1.807) is 12.2 Å². The molecule has 0 aliphatic heterocycles. The molecule has 0 radical (unpaired) electrons. The first-order chi connectivity index (χ1) is 16.8. The Morgan fingerprint density at radius 2 is 1.12 bits per heavy atom. The Morgan fingerprint density at radius 3 is 1.62 bits per heavy atom. The minimum atomic E-state index is 0.803. The van der Waals surface area contributed by atoms with Gasteiger partial charge in [0, 0.05) is 36.7 Å². The Morgan fingerprint density at radius 1 is 0.676 bits per heavy atom. The van der Waals surface area contributed by atoms with E-state index in [9.17, 15) is 0 Å². The van der Waals surface area contributed by atoms with Crippen LogP contribution >= 0.6 is 0 Å². The Labute approximate surface area is 205 Å². The van der Waals surface area contributed by atoms with E-state index in [1.807, 2.05) is 37.3 Å². The second-order valence-electron chi connectivity index (χ2n) is 7.36. The summed E-state index contributed by atoms with van der Waals surface area (Å²) in [6, 6.07) is 31.4. The fraction of sp³-hybridized carbons (Fsp3) is 0.125. The van der Waals surface area contributed by atoms with Gasteiger partial charge in [0.15, 0.2) is 0 Å². The van der Waals surface area contributed by atoms with E-state index >= 15 is 0 Å². The molecule has 0 unspecified atom stereocenters. The molecule has 0 saturated carbocycles. The number of benzene rings is 3. The zero-order valence-corrected chi connectivity index (χ0v) is 20.0. The lowest BCUT2D eigenvalue weighted by atomic mass is 10.2. The van der Waals surface area contributed by atoms with Gasteiger partial charge in [-0.1, -0.05) is 97.0 Å². The summed E-state index contributed by atoms with van der Waals surface area (Å²) >= 11 is 0. The van der Waals surface area contributed by atoms with Crippen molar-refractivity contribution in [1.82, 2.24) is 0 Å². The van der Waals surface area contributed by atoms with Gasteiger partial charge in [0.05, 0.1) is 0 Å². The van der Waals surface area contributed by atoms with Crippen LogP contribution in [0.2, 0.25) is 0 Å². The maximum Gasteiger partial charge on any atom is 0.0413 e. The van der Waals surface area contributed by atoms with Gasteiger partial charge in [0.1, 0.15) is 0 Å². The van der Waals surface area contributed by atoms with Crippen LogP contribution < -0.4 is 9.80 Å². The van der Waals surface area contributed by atoms with Gasteiger partial charge in [0.25, 0.3) is 0 Å². The number of anilines is 3. The summed E-state index contributed by atoms with van der Waals surface area (Å²) in [5.74, 6) is 2.51. The Hall–Kier alpha value is -4.22. The van der Waals surface area contributed by atoms with Crippen molar-refractivity contribution in [2.24, 2.45) is 0 Å². The summed E-state index contributed by atoms with van der Waals surface area (Å²) in [6.07, 6.45) is 19.2. The molecule has 3 aromatic rings. The van der Waals surface area contributed by atoms with E-state index < -0.39 is 0 Å². The standard InChI is InChI=1S/C29H28N2.C3H6/c1-2-3-4-5-15-24-30(27-18-9-6-10-19-27)25-16-17-26-31(28-20-11-7-12-21-28)29-22-13-8-14-23-29;1-3-2/h1,3-23H,24-26H2;3H,1H2,2H3/b4-3-,15-5-,17-16-;. The van der Waals surface area contributed by atoms with Crippen LogP contribution in [0.3, 0.4) is 0 Å². The molecule has 34 heavy (non-hydrogen) atoms. The number of rotatable bonds is 10. The predicted molar refractivity (Wildman–Crippen MR) is 151 cm³/mol. The fourth-order valence-corrected chi connectivity index (χ4v) is 3.26. The van der Waals surface area contributed by atoms with Gasteiger partial charge in [-0.25, -0.2) is 0 Å². The minimum absolute atomic E-state index is 0.803. The fourth-order valence-electron chi connectivity index (χ4n) is 3.26. The van der Waals surface area contributed by atoms with Gasteiger partial charge in [-0.3, -0.25) is 0 Å². The molecule has 0 aromatic heterocycles. The van der Waals surface area contributed by atoms with E-state index in [2.05, 4.69) is 113 Å². The van der Waals surface area contributed by atoms with Crippen LogP contribution in [0.25, 0.3) is 0 Å². The number of hydrogen-bond acceptors (Lipinski definition) is 2. The molecule has 0 bridgehead atoms. The van der Waals surface area contributed by atoms with E-state index in [4.69, 9.17) is 6.42 Å². The second kappa shape index (κ2) is 16.4. The van der Waals surface area contributed by atoms with Crippen LogP contribution in [0.4, 0.5) is 17.1 Å². The zero-order chi connectivity index (χ0) is 24.3. The topological polar surface area (TPSA) is 6.48 Å². The third-order valence-corrected chi connectivity index (χ3v) is 4.80. The third-order valence-electron chi connectivity index (χ3n) is 4.80. The van der Waals surface area contributed by atoms with Crippen molar-refractivity contribution in [3.05, 3.63) is 140 Å². The summed E-state index contributed by atoms with van der Waals surface area (Å²) in [5.41, 5.74) is 3.56. The minimum Gasteiger partial charge on any atom is -0.364 e. The van der Waals surface area contributed by atoms with E-state index in [1.165, 1.54) is 17.1 Å². The molecule has 0 saturated heterocycles. The van der Waals surface area contributed by atoms with Crippen molar-refractivity contribution in [2.45, 2.75) is 6.92 Å². The van der Waals surface area contributed by atoms with Crippen LogP contribution in [-0.4, -0.2) is 19.6 Å². The normalized spacial score (nSPS) is 10.6. The molecule has 0 spiro atoms. The quantitative estimate of drug-likeness (QED) is 0.178. The number of allylic oxidation sites excluding steroid dienone is 4. The van der Waals surface area contributed by atoms with Gasteiger partial charge in [-0.2, -0.15) is 0 Å². The van der Waals surface area contributed by atoms with E-state index in [0.29, 0.717) is 0 Å². The zero-order valence-electron chi connectivity index (χ0n) is 20.0. The van der Waals surface area contributed by atoms with Crippen molar-refractivity contribution in [3.8, 4) is 12.3 Å². The van der Waals surface area contributed by atoms with E-state index in [-0.39, 0.29) is 0 Å². The molecule has 2 heteroatoms. The van der Waals surface area contributed by atoms with Crippen molar-refractivity contribution in [3.63, 3.8) is 0 Å². The van der Waals surface area contributed by atoms with Gasteiger partial charge in [-0.05, 0) is 49.4 Å². The Kier molecular flexibility index (Phi) is 12.6. The van der Waals surface area contributed by atoms with Crippen LogP contribution in [0.5, 0.6) is 0 Å². The van der Waals surface area contributed by atoms with Crippen molar-refractivity contribution < 1.29 is 0 Å². The average Bonchev–Trinajstić information content (AvgIpc) is 2.89. The summed E-state index contributed by atoms with van der Waals surface area (Å²) < 4.78 is 0. The highest BCUT2D eigenvalue weighted by Gasteiger charge is 2.07. The highest BCUT2D eigenvalue weighted by molar-refractivity contribution is 5.63. The maximum atomic E-state index is 5.26. The lowest BCUT2D eigenvalue weighted by molar-refractivity contribution is 0.949. The van der Waals surface area contributed by atoms with Crippen LogP contribution in [0.1, 0.15) is 6.92 Å². The average molecular weight is 447 g/mol. The first kappa shape index (κ1) is 26.0. The largest absolute Gasteiger partial charge is 0.364 e.